The van der Waals surface area contributed by atoms with Gasteiger partial charge in [-0.2, -0.15) is 10.1 Å². The molecule has 0 spiro atoms. The number of aryl methyl sites for hydroxylation is 2. The van der Waals surface area contributed by atoms with Gasteiger partial charge < -0.3 is 19.5 Å². The standard InChI is InChI=1S/C18H29N7O2/c1-13(2)17-22-16(27-23-17)6-5-7-20-18(19-3)25-8-9-26-15(12-25)14-10-21-24(4)11-14/h10-11,13,15H,5-9,12H2,1-4H3,(H,19,20). The number of nitrogens with one attached hydrogen (secondary N) is 1. The molecule has 0 radical (unpaired) electrons. The summed E-state index contributed by atoms with van der Waals surface area (Å²) in [7, 11) is 3.72. The molecular weight excluding hydrogens is 346 g/mol. The molecule has 1 saturated heterocycles. The Morgan fingerprint density at radius 3 is 2.96 bits per heavy atom. The van der Waals surface area contributed by atoms with E-state index in [0.29, 0.717) is 12.5 Å². The molecule has 1 atom stereocenters. The number of hydrogen-bond donors (Lipinski definition) is 1. The number of nitrogens with zero attached hydrogens (tertiary/aromatic N) is 6. The van der Waals surface area contributed by atoms with Crippen LogP contribution in [0.1, 0.15) is 49.6 Å². The van der Waals surface area contributed by atoms with Crippen LogP contribution in [0, 0.1) is 0 Å². The van der Waals surface area contributed by atoms with Crippen LogP contribution in [0.15, 0.2) is 21.9 Å². The first-order chi connectivity index (χ1) is 13.1. The minimum atomic E-state index is 0.0128. The zero-order valence-electron chi connectivity index (χ0n) is 16.6. The first kappa shape index (κ1) is 19.3. The maximum Gasteiger partial charge on any atom is 0.226 e. The third-order valence-corrected chi connectivity index (χ3v) is 4.53. The number of hydrogen-bond acceptors (Lipinski definition) is 6. The van der Waals surface area contributed by atoms with Crippen molar-refractivity contribution in [2.45, 2.75) is 38.7 Å². The number of rotatable bonds is 6. The first-order valence-electron chi connectivity index (χ1n) is 9.45. The highest BCUT2D eigenvalue weighted by Crippen LogP contribution is 2.21. The zero-order valence-corrected chi connectivity index (χ0v) is 16.6. The lowest BCUT2D eigenvalue weighted by Crippen LogP contribution is -2.48. The van der Waals surface area contributed by atoms with Gasteiger partial charge >= 0.3 is 0 Å². The lowest BCUT2D eigenvalue weighted by Gasteiger charge is -2.34. The van der Waals surface area contributed by atoms with Crippen LogP contribution in [0.2, 0.25) is 0 Å². The first-order valence-corrected chi connectivity index (χ1v) is 9.45. The van der Waals surface area contributed by atoms with Gasteiger partial charge in [-0.3, -0.25) is 9.67 Å². The van der Waals surface area contributed by atoms with Crippen LogP contribution in [0.4, 0.5) is 0 Å². The molecule has 9 nitrogen and oxygen atoms in total. The number of guanidine groups is 1. The molecule has 3 rings (SSSR count). The highest BCUT2D eigenvalue weighted by Gasteiger charge is 2.25. The van der Waals surface area contributed by atoms with E-state index in [1.165, 1.54) is 0 Å². The Morgan fingerprint density at radius 2 is 2.30 bits per heavy atom. The Hall–Kier alpha value is -2.42. The number of ether oxygens (including phenoxy) is 1. The van der Waals surface area contributed by atoms with E-state index >= 15 is 0 Å². The molecule has 3 heterocycles. The third kappa shape index (κ3) is 5.06. The number of morpholine rings is 1. The lowest BCUT2D eigenvalue weighted by molar-refractivity contribution is -0.00801. The molecule has 27 heavy (non-hydrogen) atoms. The molecule has 0 saturated carbocycles. The predicted octanol–water partition coefficient (Wildman–Crippen LogP) is 1.51. The monoisotopic (exact) mass is 375 g/mol. The average molecular weight is 375 g/mol. The normalized spacial score (nSPS) is 18.3. The molecule has 0 aromatic carbocycles. The molecule has 9 heteroatoms. The van der Waals surface area contributed by atoms with Crippen LogP contribution in [-0.2, 0) is 18.2 Å². The molecule has 1 N–H and O–H groups in total. The predicted molar refractivity (Wildman–Crippen MR) is 102 cm³/mol. The summed E-state index contributed by atoms with van der Waals surface area (Å²) >= 11 is 0. The minimum absolute atomic E-state index is 0.0128. The van der Waals surface area contributed by atoms with E-state index in [1.54, 1.807) is 4.68 Å². The highest BCUT2D eigenvalue weighted by atomic mass is 16.5. The second-order valence-electron chi connectivity index (χ2n) is 7.03. The van der Waals surface area contributed by atoms with Crippen molar-refractivity contribution in [2.24, 2.45) is 12.0 Å². The van der Waals surface area contributed by atoms with Crippen LogP contribution < -0.4 is 5.32 Å². The average Bonchev–Trinajstić information content (AvgIpc) is 3.31. The molecule has 0 aliphatic carbocycles. The van der Waals surface area contributed by atoms with Crippen molar-refractivity contribution in [3.8, 4) is 0 Å². The van der Waals surface area contributed by atoms with Crippen molar-refractivity contribution in [1.82, 2.24) is 30.1 Å². The molecule has 1 aliphatic heterocycles. The van der Waals surface area contributed by atoms with Gasteiger partial charge in [0.2, 0.25) is 5.89 Å². The molecule has 0 amide bonds. The van der Waals surface area contributed by atoms with Crippen LogP contribution in [0.25, 0.3) is 0 Å². The molecule has 1 fully saturated rings. The van der Waals surface area contributed by atoms with Gasteiger partial charge in [-0.25, -0.2) is 0 Å². The molecule has 0 bridgehead atoms. The number of aliphatic imine (C=N–C) groups is 1. The van der Waals surface area contributed by atoms with E-state index in [1.807, 2.05) is 26.5 Å². The fourth-order valence-electron chi connectivity index (χ4n) is 3.03. The summed E-state index contributed by atoms with van der Waals surface area (Å²) < 4.78 is 13.0. The lowest BCUT2D eigenvalue weighted by atomic mass is 10.1. The van der Waals surface area contributed by atoms with Crippen LogP contribution >= 0.6 is 0 Å². The molecule has 1 aliphatic rings. The van der Waals surface area contributed by atoms with Gasteiger partial charge in [-0.15, -0.1) is 0 Å². The summed E-state index contributed by atoms with van der Waals surface area (Å²) in [5, 5.41) is 11.7. The smallest absolute Gasteiger partial charge is 0.226 e. The van der Waals surface area contributed by atoms with Crippen molar-refractivity contribution in [2.75, 3.05) is 33.3 Å². The summed E-state index contributed by atoms with van der Waals surface area (Å²) in [5.41, 5.74) is 1.09. The van der Waals surface area contributed by atoms with Crippen LogP contribution in [0.3, 0.4) is 0 Å². The fourth-order valence-corrected chi connectivity index (χ4v) is 3.03. The Morgan fingerprint density at radius 1 is 1.44 bits per heavy atom. The van der Waals surface area contributed by atoms with Crippen molar-refractivity contribution < 1.29 is 9.26 Å². The van der Waals surface area contributed by atoms with Crippen molar-refractivity contribution in [1.29, 1.82) is 0 Å². The quantitative estimate of drug-likeness (QED) is 0.465. The van der Waals surface area contributed by atoms with Gasteiger partial charge in [-0.05, 0) is 6.42 Å². The van der Waals surface area contributed by atoms with Crippen molar-refractivity contribution >= 4 is 5.96 Å². The highest BCUT2D eigenvalue weighted by molar-refractivity contribution is 5.80. The van der Waals surface area contributed by atoms with E-state index in [0.717, 1.165) is 49.8 Å². The SMILES string of the molecule is CN=C(NCCCc1nc(C(C)C)no1)N1CCOC(c2cnn(C)c2)C1. The van der Waals surface area contributed by atoms with Crippen LogP contribution in [-0.4, -0.2) is 64.1 Å². The van der Waals surface area contributed by atoms with Gasteiger partial charge in [0.25, 0.3) is 0 Å². The molecular formula is C18H29N7O2. The second kappa shape index (κ2) is 8.98. The Balaban J connectivity index is 1.46. The van der Waals surface area contributed by atoms with E-state index < -0.39 is 0 Å². The van der Waals surface area contributed by atoms with Crippen LogP contribution in [0.5, 0.6) is 0 Å². The maximum atomic E-state index is 5.90. The van der Waals surface area contributed by atoms with Gasteiger partial charge in [0.1, 0.15) is 6.10 Å². The fraction of sp³-hybridized carbons (Fsp3) is 0.667. The Labute approximate surface area is 159 Å². The zero-order chi connectivity index (χ0) is 19.2. The van der Waals surface area contributed by atoms with Gasteiger partial charge in [0.05, 0.1) is 19.3 Å². The second-order valence-corrected chi connectivity index (χ2v) is 7.03. The van der Waals surface area contributed by atoms with Crippen molar-refractivity contribution in [3.63, 3.8) is 0 Å². The van der Waals surface area contributed by atoms with Crippen molar-refractivity contribution in [3.05, 3.63) is 29.7 Å². The topological polar surface area (TPSA) is 93.6 Å². The van der Waals surface area contributed by atoms with E-state index in [2.05, 4.69) is 44.3 Å². The van der Waals surface area contributed by atoms with Gasteiger partial charge in [-0.1, -0.05) is 19.0 Å². The summed E-state index contributed by atoms with van der Waals surface area (Å²) in [4.78, 5) is 11.1. The summed E-state index contributed by atoms with van der Waals surface area (Å²) in [6, 6.07) is 0. The summed E-state index contributed by atoms with van der Waals surface area (Å²) in [6.45, 7) is 7.15. The van der Waals surface area contributed by atoms with E-state index in [-0.39, 0.29) is 12.0 Å². The summed E-state index contributed by atoms with van der Waals surface area (Å²) in [6.07, 6.45) is 5.53. The molecule has 148 valence electrons. The largest absolute Gasteiger partial charge is 0.370 e. The number of aromatic nitrogens is 4. The maximum absolute atomic E-state index is 5.90. The molecule has 2 aromatic rings. The minimum Gasteiger partial charge on any atom is -0.370 e. The molecule has 1 unspecified atom stereocenters. The Kier molecular flexibility index (Phi) is 6.44. The van der Waals surface area contributed by atoms with E-state index in [9.17, 15) is 0 Å². The molecule has 2 aromatic heterocycles. The summed E-state index contributed by atoms with van der Waals surface area (Å²) in [5.74, 6) is 2.64. The van der Waals surface area contributed by atoms with Gasteiger partial charge in [0, 0.05) is 51.3 Å². The van der Waals surface area contributed by atoms with Gasteiger partial charge in [0.15, 0.2) is 11.8 Å². The van der Waals surface area contributed by atoms with E-state index in [4.69, 9.17) is 9.26 Å². The Bertz CT molecular complexity index is 752. The third-order valence-electron chi connectivity index (χ3n) is 4.53.